The van der Waals surface area contributed by atoms with Crippen molar-refractivity contribution in [3.63, 3.8) is 0 Å². The van der Waals surface area contributed by atoms with Crippen LogP contribution in [-0.2, 0) is 4.79 Å². The van der Waals surface area contributed by atoms with Gasteiger partial charge >= 0.3 is 0 Å². The Morgan fingerprint density at radius 2 is 1.79 bits per heavy atom. The summed E-state index contributed by atoms with van der Waals surface area (Å²) in [4.78, 5) is 14.9. The van der Waals surface area contributed by atoms with E-state index in [2.05, 4.69) is 5.32 Å². The average Bonchev–Trinajstić information content (AvgIpc) is 2.63. The van der Waals surface area contributed by atoms with E-state index in [1.807, 2.05) is 30.3 Å². The van der Waals surface area contributed by atoms with Crippen molar-refractivity contribution in [3.05, 3.63) is 65.7 Å². The van der Waals surface area contributed by atoms with Crippen LogP contribution < -0.4 is 5.32 Å². The summed E-state index contributed by atoms with van der Waals surface area (Å²) in [6.07, 6.45) is 0. The Bertz CT molecular complexity index is 705. The summed E-state index contributed by atoms with van der Waals surface area (Å²) in [5, 5.41) is 2.61. The molecule has 0 spiro atoms. The number of halogens is 2. The number of hydrogen-bond acceptors (Lipinski definition) is 3. The van der Waals surface area contributed by atoms with Gasteiger partial charge in [0.05, 0.1) is 0 Å². The lowest BCUT2D eigenvalue weighted by Crippen LogP contribution is -2.47. The number of hydrogen-bond donors (Lipinski definition) is 1. The van der Waals surface area contributed by atoms with Crippen LogP contribution in [0.5, 0.6) is 0 Å². The highest BCUT2D eigenvalue weighted by molar-refractivity contribution is 8.00. The molecule has 0 bridgehead atoms. The molecular formula is C18H18F2N2OS. The van der Waals surface area contributed by atoms with Gasteiger partial charge in [0.15, 0.2) is 0 Å². The van der Waals surface area contributed by atoms with Crippen molar-refractivity contribution in [2.75, 3.05) is 26.2 Å². The van der Waals surface area contributed by atoms with E-state index in [0.29, 0.717) is 13.1 Å². The van der Waals surface area contributed by atoms with E-state index in [9.17, 15) is 13.6 Å². The first kappa shape index (κ1) is 16.9. The number of amides is 1. The zero-order chi connectivity index (χ0) is 16.9. The Kier molecular flexibility index (Phi) is 5.48. The second-order valence-electron chi connectivity index (χ2n) is 5.56. The highest BCUT2D eigenvalue weighted by Gasteiger charge is 2.28. The van der Waals surface area contributed by atoms with E-state index < -0.39 is 16.9 Å². The number of thioether (sulfide) groups is 1. The fourth-order valence-electron chi connectivity index (χ4n) is 2.63. The van der Waals surface area contributed by atoms with Gasteiger partial charge in [0.1, 0.15) is 16.9 Å². The van der Waals surface area contributed by atoms with Crippen molar-refractivity contribution in [2.45, 2.75) is 10.1 Å². The summed E-state index contributed by atoms with van der Waals surface area (Å²) in [5.74, 6) is -1.10. The monoisotopic (exact) mass is 348 g/mol. The van der Waals surface area contributed by atoms with Crippen molar-refractivity contribution in [1.29, 1.82) is 0 Å². The van der Waals surface area contributed by atoms with E-state index in [4.69, 9.17) is 0 Å². The lowest BCUT2D eigenvalue weighted by Gasteiger charge is -2.31. The first-order valence-electron chi connectivity index (χ1n) is 7.81. The zero-order valence-electron chi connectivity index (χ0n) is 13.0. The molecule has 1 unspecified atom stereocenters. The van der Waals surface area contributed by atoms with Crippen molar-refractivity contribution < 1.29 is 13.6 Å². The number of carbonyl (C=O) groups is 1. The maximum Gasteiger partial charge on any atom is 0.240 e. The minimum Gasteiger partial charge on any atom is -0.339 e. The van der Waals surface area contributed by atoms with Crippen LogP contribution in [0.15, 0.2) is 53.4 Å². The maximum atomic E-state index is 14.0. The number of rotatable bonds is 4. The topological polar surface area (TPSA) is 32.3 Å². The number of nitrogens with one attached hydrogen (secondary N) is 1. The lowest BCUT2D eigenvalue weighted by molar-refractivity contribution is -0.131. The third-order valence-electron chi connectivity index (χ3n) is 3.89. The van der Waals surface area contributed by atoms with Gasteiger partial charge < -0.3 is 10.2 Å². The van der Waals surface area contributed by atoms with Crippen LogP contribution in [0, 0.1) is 11.6 Å². The Hall–Kier alpha value is -1.92. The van der Waals surface area contributed by atoms with Crippen LogP contribution in [0.4, 0.5) is 8.78 Å². The van der Waals surface area contributed by atoms with Crippen LogP contribution in [0.2, 0.25) is 0 Å². The van der Waals surface area contributed by atoms with Crippen LogP contribution >= 0.6 is 11.8 Å². The molecule has 6 heteroatoms. The second kappa shape index (κ2) is 7.77. The minimum absolute atomic E-state index is 0.0728. The minimum atomic E-state index is -0.597. The van der Waals surface area contributed by atoms with Crippen molar-refractivity contribution >= 4 is 17.7 Å². The molecule has 0 aliphatic carbocycles. The van der Waals surface area contributed by atoms with E-state index in [0.717, 1.165) is 48.6 Å². The number of nitrogens with zero attached hydrogens (tertiary/aromatic N) is 1. The van der Waals surface area contributed by atoms with Gasteiger partial charge in [-0.05, 0) is 23.8 Å². The highest BCUT2D eigenvalue weighted by Crippen LogP contribution is 2.38. The summed E-state index contributed by atoms with van der Waals surface area (Å²) in [7, 11) is 0. The van der Waals surface area contributed by atoms with Gasteiger partial charge in [0.2, 0.25) is 5.91 Å². The lowest BCUT2D eigenvalue weighted by atomic mass is 10.1. The molecule has 1 atom stereocenters. The second-order valence-corrected chi connectivity index (χ2v) is 6.71. The molecule has 0 saturated carbocycles. The Morgan fingerprint density at radius 3 is 2.50 bits per heavy atom. The van der Waals surface area contributed by atoms with Crippen LogP contribution in [0.1, 0.15) is 10.8 Å². The fraction of sp³-hybridized carbons (Fsp3) is 0.278. The first-order valence-corrected chi connectivity index (χ1v) is 8.69. The van der Waals surface area contributed by atoms with Crippen molar-refractivity contribution in [3.8, 4) is 0 Å². The molecule has 1 amide bonds. The molecule has 2 aromatic carbocycles. The zero-order valence-corrected chi connectivity index (χ0v) is 13.9. The van der Waals surface area contributed by atoms with Crippen LogP contribution in [0.25, 0.3) is 0 Å². The van der Waals surface area contributed by atoms with Gasteiger partial charge in [0, 0.05) is 31.1 Å². The third kappa shape index (κ3) is 3.94. The van der Waals surface area contributed by atoms with E-state index in [1.165, 1.54) is 0 Å². The van der Waals surface area contributed by atoms with Gasteiger partial charge in [-0.2, -0.15) is 0 Å². The molecule has 0 radical (unpaired) electrons. The number of piperazine rings is 1. The molecular weight excluding hydrogens is 330 g/mol. The molecule has 3 rings (SSSR count). The van der Waals surface area contributed by atoms with Crippen molar-refractivity contribution in [1.82, 2.24) is 10.2 Å². The standard InChI is InChI=1S/C18H18F2N2OS/c19-14-6-7-15(20)16(12-14)24-17(13-4-2-1-3-5-13)18(23)22-10-8-21-9-11-22/h1-7,12,17,21H,8-11H2. The Morgan fingerprint density at radius 1 is 1.08 bits per heavy atom. The van der Waals surface area contributed by atoms with Gasteiger partial charge in [-0.15, -0.1) is 11.8 Å². The molecule has 1 aliphatic heterocycles. The number of benzene rings is 2. The summed E-state index contributed by atoms with van der Waals surface area (Å²) in [6, 6.07) is 12.5. The maximum absolute atomic E-state index is 14.0. The summed E-state index contributed by atoms with van der Waals surface area (Å²) < 4.78 is 27.5. The van der Waals surface area contributed by atoms with Gasteiger partial charge in [-0.1, -0.05) is 30.3 Å². The van der Waals surface area contributed by atoms with E-state index in [-0.39, 0.29) is 10.8 Å². The highest BCUT2D eigenvalue weighted by atomic mass is 32.2. The third-order valence-corrected chi connectivity index (χ3v) is 5.17. The average molecular weight is 348 g/mol. The van der Waals surface area contributed by atoms with E-state index >= 15 is 0 Å². The molecule has 1 aliphatic rings. The summed E-state index contributed by atoms with van der Waals surface area (Å²) >= 11 is 1.06. The molecule has 1 saturated heterocycles. The predicted molar refractivity (Wildman–Crippen MR) is 90.8 cm³/mol. The first-order chi connectivity index (χ1) is 11.6. The molecule has 24 heavy (non-hydrogen) atoms. The van der Waals surface area contributed by atoms with E-state index in [1.54, 1.807) is 4.90 Å². The summed E-state index contributed by atoms with van der Waals surface area (Å²) in [6.45, 7) is 2.72. The van der Waals surface area contributed by atoms with Crippen LogP contribution in [0.3, 0.4) is 0 Å². The molecule has 3 nitrogen and oxygen atoms in total. The van der Waals surface area contributed by atoms with Gasteiger partial charge in [0.25, 0.3) is 0 Å². The normalized spacial score (nSPS) is 16.0. The predicted octanol–water partition coefficient (Wildman–Crippen LogP) is 3.23. The Balaban J connectivity index is 1.90. The van der Waals surface area contributed by atoms with Crippen molar-refractivity contribution in [2.24, 2.45) is 0 Å². The number of carbonyl (C=O) groups excluding carboxylic acids is 1. The molecule has 1 fully saturated rings. The summed E-state index contributed by atoms with van der Waals surface area (Å²) in [5.41, 5.74) is 0.787. The molecule has 1 heterocycles. The van der Waals surface area contributed by atoms with Gasteiger partial charge in [-0.25, -0.2) is 8.78 Å². The molecule has 2 aromatic rings. The van der Waals surface area contributed by atoms with Gasteiger partial charge in [-0.3, -0.25) is 4.79 Å². The molecule has 0 aromatic heterocycles. The quantitative estimate of drug-likeness (QED) is 0.861. The fourth-order valence-corrected chi connectivity index (χ4v) is 3.79. The largest absolute Gasteiger partial charge is 0.339 e. The SMILES string of the molecule is O=C(C(Sc1cc(F)ccc1F)c1ccccc1)N1CCNCC1. The Labute approximate surface area is 144 Å². The van der Waals surface area contributed by atoms with Crippen LogP contribution in [-0.4, -0.2) is 37.0 Å². The molecule has 126 valence electrons. The smallest absolute Gasteiger partial charge is 0.240 e. The molecule has 1 N–H and O–H groups in total.